The largest absolute Gasteiger partial charge is 0.380 e. The first kappa shape index (κ1) is 23.8. The summed E-state index contributed by atoms with van der Waals surface area (Å²) < 4.78 is 8.93. The van der Waals surface area contributed by atoms with Crippen LogP contribution in [0.2, 0.25) is 0 Å². The van der Waals surface area contributed by atoms with E-state index in [0.717, 1.165) is 30.8 Å². The van der Waals surface area contributed by atoms with Gasteiger partial charge in [-0.3, -0.25) is 9.36 Å². The third-order valence-corrected chi connectivity index (χ3v) is 5.73. The molecule has 3 heterocycles. The number of nitriles is 1. The minimum atomic E-state index is -0.162. The molecule has 0 aliphatic carbocycles. The number of hydrogen-bond donors (Lipinski definition) is 1. The Balaban J connectivity index is 0.00000289. The standard InChI is InChI=1S/C23H28N6O2.ClH/c1-2-31-12-11-28-16-26-20-19(13-24)22(27-10-6-9-18(25)15-27)29(21(20)23(28)30)14-17-7-4-3-5-8-17;/h3-5,7-8,16,18H,2,6,9-12,14-15,25H2,1H3;1H. The van der Waals surface area contributed by atoms with Crippen molar-refractivity contribution in [1.29, 1.82) is 5.26 Å². The molecule has 3 aromatic rings. The number of ether oxygens (including phenoxy) is 1. The third-order valence-electron chi connectivity index (χ3n) is 5.73. The number of fused-ring (bicyclic) bond motifs is 1. The maximum Gasteiger partial charge on any atom is 0.278 e. The van der Waals surface area contributed by atoms with E-state index in [4.69, 9.17) is 10.5 Å². The molecule has 9 heteroatoms. The Labute approximate surface area is 193 Å². The Hall–Kier alpha value is -2.86. The molecule has 1 fully saturated rings. The Morgan fingerprint density at radius 1 is 1.31 bits per heavy atom. The van der Waals surface area contributed by atoms with Crippen LogP contribution in [0.5, 0.6) is 0 Å². The highest BCUT2D eigenvalue weighted by Crippen LogP contribution is 2.32. The maximum absolute atomic E-state index is 13.5. The molecule has 1 atom stereocenters. The molecule has 0 spiro atoms. The summed E-state index contributed by atoms with van der Waals surface area (Å²) in [6.07, 6.45) is 3.42. The van der Waals surface area contributed by atoms with E-state index >= 15 is 0 Å². The van der Waals surface area contributed by atoms with E-state index in [0.29, 0.717) is 49.4 Å². The fourth-order valence-electron chi connectivity index (χ4n) is 4.27. The first-order valence-electron chi connectivity index (χ1n) is 10.8. The summed E-state index contributed by atoms with van der Waals surface area (Å²) in [7, 11) is 0. The summed E-state index contributed by atoms with van der Waals surface area (Å²) in [5.74, 6) is 0.740. The number of hydrogen-bond acceptors (Lipinski definition) is 6. The molecule has 0 radical (unpaired) electrons. The molecule has 170 valence electrons. The lowest BCUT2D eigenvalue weighted by Crippen LogP contribution is -2.44. The SMILES string of the molecule is CCOCCn1cnc2c(C#N)c(N3CCCC(N)C3)n(Cc3ccccc3)c2c1=O.Cl. The van der Waals surface area contributed by atoms with Gasteiger partial charge < -0.3 is 19.9 Å². The van der Waals surface area contributed by atoms with Crippen LogP contribution >= 0.6 is 12.4 Å². The molecular weight excluding hydrogens is 428 g/mol. The van der Waals surface area contributed by atoms with Gasteiger partial charge in [0.15, 0.2) is 0 Å². The molecule has 4 rings (SSSR count). The van der Waals surface area contributed by atoms with Gasteiger partial charge in [-0.2, -0.15) is 5.26 Å². The summed E-state index contributed by atoms with van der Waals surface area (Å²) in [5.41, 5.74) is 8.47. The number of aromatic nitrogens is 3. The lowest BCUT2D eigenvalue weighted by Gasteiger charge is -2.33. The predicted octanol–water partition coefficient (Wildman–Crippen LogP) is 2.50. The van der Waals surface area contributed by atoms with Gasteiger partial charge in [0.2, 0.25) is 0 Å². The predicted molar refractivity (Wildman–Crippen MR) is 127 cm³/mol. The molecule has 0 saturated carbocycles. The number of benzene rings is 1. The second kappa shape index (κ2) is 10.6. The topological polar surface area (TPSA) is 102 Å². The first-order valence-corrected chi connectivity index (χ1v) is 10.8. The molecule has 32 heavy (non-hydrogen) atoms. The van der Waals surface area contributed by atoms with E-state index in [9.17, 15) is 10.1 Å². The zero-order chi connectivity index (χ0) is 21.8. The van der Waals surface area contributed by atoms with Crippen molar-refractivity contribution in [3.63, 3.8) is 0 Å². The minimum Gasteiger partial charge on any atom is -0.380 e. The number of nitrogens with two attached hydrogens (primary N) is 1. The molecule has 8 nitrogen and oxygen atoms in total. The highest BCUT2D eigenvalue weighted by atomic mass is 35.5. The number of piperidine rings is 1. The Morgan fingerprint density at radius 2 is 2.09 bits per heavy atom. The number of anilines is 1. The number of nitrogens with zero attached hydrogens (tertiary/aromatic N) is 5. The number of halogens is 1. The fraction of sp³-hybridized carbons (Fsp3) is 0.435. The van der Waals surface area contributed by atoms with Crippen LogP contribution in [-0.4, -0.2) is 46.5 Å². The van der Waals surface area contributed by atoms with Gasteiger partial charge in [-0.15, -0.1) is 12.4 Å². The van der Waals surface area contributed by atoms with Crippen molar-refractivity contribution < 1.29 is 4.74 Å². The lowest BCUT2D eigenvalue weighted by atomic mass is 10.1. The molecule has 0 bridgehead atoms. The van der Waals surface area contributed by atoms with E-state index < -0.39 is 0 Å². The molecule has 1 aliphatic heterocycles. The van der Waals surface area contributed by atoms with E-state index in [1.165, 1.54) is 6.33 Å². The van der Waals surface area contributed by atoms with Gasteiger partial charge in [-0.05, 0) is 25.3 Å². The van der Waals surface area contributed by atoms with Crippen molar-refractivity contribution in [2.75, 3.05) is 31.2 Å². The van der Waals surface area contributed by atoms with Crippen LogP contribution in [-0.2, 0) is 17.8 Å². The second-order valence-electron chi connectivity index (χ2n) is 7.87. The summed E-state index contributed by atoms with van der Waals surface area (Å²) in [6, 6.07) is 12.3. The maximum atomic E-state index is 13.5. The normalized spacial score (nSPS) is 16.0. The van der Waals surface area contributed by atoms with Crippen LogP contribution in [0.1, 0.15) is 30.9 Å². The molecule has 2 aromatic heterocycles. The van der Waals surface area contributed by atoms with E-state index in [1.54, 1.807) is 4.57 Å². The fourth-order valence-corrected chi connectivity index (χ4v) is 4.27. The van der Waals surface area contributed by atoms with E-state index in [1.807, 2.05) is 41.8 Å². The van der Waals surface area contributed by atoms with Gasteiger partial charge in [0.05, 0.1) is 19.5 Å². The van der Waals surface area contributed by atoms with E-state index in [2.05, 4.69) is 16.0 Å². The highest BCUT2D eigenvalue weighted by Gasteiger charge is 2.28. The Morgan fingerprint density at radius 3 is 2.78 bits per heavy atom. The van der Waals surface area contributed by atoms with Crippen LogP contribution in [0, 0.1) is 11.3 Å². The van der Waals surface area contributed by atoms with Gasteiger partial charge in [-0.1, -0.05) is 30.3 Å². The van der Waals surface area contributed by atoms with Crippen molar-refractivity contribution >= 4 is 29.3 Å². The second-order valence-corrected chi connectivity index (χ2v) is 7.87. The van der Waals surface area contributed by atoms with Gasteiger partial charge in [0.1, 0.15) is 28.5 Å². The van der Waals surface area contributed by atoms with Gasteiger partial charge in [0.25, 0.3) is 5.56 Å². The monoisotopic (exact) mass is 456 g/mol. The first-order chi connectivity index (χ1) is 15.1. The lowest BCUT2D eigenvalue weighted by molar-refractivity contribution is 0.138. The van der Waals surface area contributed by atoms with Gasteiger partial charge in [0, 0.05) is 32.3 Å². The number of rotatable bonds is 7. The van der Waals surface area contributed by atoms with Crippen LogP contribution in [0.3, 0.4) is 0 Å². The highest BCUT2D eigenvalue weighted by molar-refractivity contribution is 5.89. The summed E-state index contributed by atoms with van der Waals surface area (Å²) >= 11 is 0. The van der Waals surface area contributed by atoms with Crippen molar-refractivity contribution in [1.82, 2.24) is 14.1 Å². The summed E-state index contributed by atoms with van der Waals surface area (Å²) in [6.45, 7) is 5.29. The van der Waals surface area contributed by atoms with Crippen molar-refractivity contribution in [2.24, 2.45) is 5.73 Å². The summed E-state index contributed by atoms with van der Waals surface area (Å²) in [5, 5.41) is 10.0. The molecule has 1 aliphatic rings. The Kier molecular flexibility index (Phi) is 7.91. The van der Waals surface area contributed by atoms with Crippen molar-refractivity contribution in [2.45, 2.75) is 38.9 Å². The van der Waals surface area contributed by atoms with Gasteiger partial charge >= 0.3 is 0 Å². The molecule has 1 unspecified atom stereocenters. The zero-order valence-electron chi connectivity index (χ0n) is 18.2. The van der Waals surface area contributed by atoms with E-state index in [-0.39, 0.29) is 24.0 Å². The van der Waals surface area contributed by atoms with Crippen LogP contribution in [0.15, 0.2) is 41.5 Å². The van der Waals surface area contributed by atoms with Crippen molar-refractivity contribution in [3.8, 4) is 6.07 Å². The quantitative estimate of drug-likeness (QED) is 0.548. The molecule has 0 amide bonds. The molecule has 1 saturated heterocycles. The smallest absolute Gasteiger partial charge is 0.278 e. The third kappa shape index (κ3) is 4.65. The van der Waals surface area contributed by atoms with Crippen LogP contribution < -0.4 is 16.2 Å². The van der Waals surface area contributed by atoms with Crippen molar-refractivity contribution in [3.05, 3.63) is 58.1 Å². The molecular formula is C23H29ClN6O2. The molecule has 2 N–H and O–H groups in total. The summed E-state index contributed by atoms with van der Waals surface area (Å²) in [4.78, 5) is 20.1. The van der Waals surface area contributed by atoms with Crippen LogP contribution in [0.25, 0.3) is 11.0 Å². The van der Waals surface area contributed by atoms with Gasteiger partial charge in [-0.25, -0.2) is 4.98 Å². The minimum absolute atomic E-state index is 0. The average molecular weight is 457 g/mol. The average Bonchev–Trinajstić information content (AvgIpc) is 3.10. The zero-order valence-corrected chi connectivity index (χ0v) is 19.1. The molecule has 1 aromatic carbocycles. The Bertz CT molecular complexity index is 1150. The van der Waals surface area contributed by atoms with Crippen LogP contribution in [0.4, 0.5) is 5.82 Å².